The van der Waals surface area contributed by atoms with E-state index in [4.69, 9.17) is 18.9 Å². The van der Waals surface area contributed by atoms with Crippen molar-refractivity contribution in [1.82, 2.24) is 0 Å². The second-order valence-electron chi connectivity index (χ2n) is 9.46. The van der Waals surface area contributed by atoms with Crippen LogP contribution < -0.4 is 9.47 Å². The number of benzene rings is 1. The summed E-state index contributed by atoms with van der Waals surface area (Å²) in [6.07, 6.45) is -0.910. The average molecular weight is 439 g/mol. The van der Waals surface area contributed by atoms with E-state index in [0.717, 1.165) is 6.04 Å². The number of carbonyl (C=O) groups excluding carboxylic acids is 3. The van der Waals surface area contributed by atoms with Gasteiger partial charge in [0.05, 0.1) is 13.7 Å². The number of hydrogen-bond donors (Lipinski definition) is 0. The van der Waals surface area contributed by atoms with E-state index in [1.807, 2.05) is 0 Å². The second kappa shape index (κ2) is 10.1. The molecule has 0 atom stereocenters. The van der Waals surface area contributed by atoms with Gasteiger partial charge >= 0.3 is 12.1 Å². The number of ether oxygens (including phenoxy) is 4. The summed E-state index contributed by atoms with van der Waals surface area (Å²) in [6, 6.07) is 2.37. The normalized spacial score (nSPS) is 11.6. The summed E-state index contributed by atoms with van der Waals surface area (Å²) < 4.78 is 21.6. The summed E-state index contributed by atoms with van der Waals surface area (Å²) >= 11 is 0. The van der Waals surface area contributed by atoms with E-state index in [0.29, 0.717) is 17.7 Å². The van der Waals surface area contributed by atoms with Crippen molar-refractivity contribution in [1.29, 1.82) is 0 Å². The Hall–Kier alpha value is -2.35. The van der Waals surface area contributed by atoms with Crippen LogP contribution in [-0.4, -0.2) is 45.3 Å². The van der Waals surface area contributed by atoms with Gasteiger partial charge in [0.1, 0.15) is 28.4 Å². The number of methoxy groups -OCH3 is 1. The van der Waals surface area contributed by atoms with Gasteiger partial charge in [-0.05, 0) is 46.7 Å². The summed E-state index contributed by atoms with van der Waals surface area (Å²) in [7, 11) is -0.0948. The Morgan fingerprint density at radius 2 is 1.67 bits per heavy atom. The predicted molar refractivity (Wildman–Crippen MR) is 117 cm³/mol. The molecule has 30 heavy (non-hydrogen) atoms. The fourth-order valence-electron chi connectivity index (χ4n) is 2.65. The Morgan fingerprint density at radius 1 is 1.07 bits per heavy atom. The number of carbonyl (C=O) groups is 3. The van der Waals surface area contributed by atoms with Crippen molar-refractivity contribution in [3.63, 3.8) is 0 Å². The third-order valence-corrected chi connectivity index (χ3v) is 5.76. The van der Waals surface area contributed by atoms with Crippen molar-refractivity contribution in [2.75, 3.05) is 13.7 Å². The zero-order valence-corrected chi connectivity index (χ0v) is 20.6. The van der Waals surface area contributed by atoms with Crippen molar-refractivity contribution in [2.45, 2.75) is 72.3 Å². The summed E-state index contributed by atoms with van der Waals surface area (Å²) in [5.74, 6) is -0.289. The lowest BCUT2D eigenvalue weighted by molar-refractivity contribution is -0.116. The predicted octanol–water partition coefficient (Wildman–Crippen LogP) is 4.94. The molecular formula is C22H34O7Si. The van der Waals surface area contributed by atoms with Crippen LogP contribution in [0.4, 0.5) is 4.79 Å². The van der Waals surface area contributed by atoms with Crippen LogP contribution in [0, 0.1) is 6.92 Å². The van der Waals surface area contributed by atoms with Crippen molar-refractivity contribution in [2.24, 2.45) is 0 Å². The first-order valence-electron chi connectivity index (χ1n) is 9.92. The molecule has 1 aromatic rings. The zero-order chi connectivity index (χ0) is 23.3. The van der Waals surface area contributed by atoms with Crippen LogP contribution in [0.5, 0.6) is 11.5 Å². The molecule has 0 saturated carbocycles. The minimum absolute atomic E-state index is 0.0157. The van der Waals surface area contributed by atoms with Crippen LogP contribution in [0.25, 0.3) is 0 Å². The van der Waals surface area contributed by atoms with Gasteiger partial charge in [-0.25, -0.2) is 9.59 Å². The summed E-state index contributed by atoms with van der Waals surface area (Å²) in [5, 5.41) is 0. The van der Waals surface area contributed by atoms with Crippen molar-refractivity contribution in [3.8, 4) is 11.5 Å². The lowest BCUT2D eigenvalue weighted by Gasteiger charge is -2.23. The Kier molecular flexibility index (Phi) is 8.65. The Labute approximate surface area is 180 Å². The highest BCUT2D eigenvalue weighted by Gasteiger charge is 2.27. The molecule has 0 saturated heterocycles. The summed E-state index contributed by atoms with van der Waals surface area (Å²) in [5.41, 5.74) is 0.284. The standard InChI is InChI=1S/C22H34O7Si/c1-14(23)12-16-13-17(20(24)26-6)19(27-10-11-30(7,8)9)15(2)18(16)28-21(25)29-22(3,4)5/h13H,10-12H2,1-9H3. The van der Waals surface area contributed by atoms with Gasteiger partial charge in [0.2, 0.25) is 0 Å². The SMILES string of the molecule is COC(=O)c1cc(CC(C)=O)c(OC(=O)OC(C)(C)C)c(C)c1OCC[Si](C)(C)C. The molecule has 8 heteroatoms. The Balaban J connectivity index is 3.47. The lowest BCUT2D eigenvalue weighted by atomic mass is 9.99. The lowest BCUT2D eigenvalue weighted by Crippen LogP contribution is -2.27. The monoisotopic (exact) mass is 438 g/mol. The topological polar surface area (TPSA) is 88.1 Å². The quantitative estimate of drug-likeness (QED) is 0.322. The van der Waals surface area contributed by atoms with E-state index < -0.39 is 25.8 Å². The molecule has 0 N–H and O–H groups in total. The van der Waals surface area contributed by atoms with Gasteiger partial charge in [0.25, 0.3) is 0 Å². The minimum atomic E-state index is -1.37. The molecule has 0 aliphatic rings. The maximum absolute atomic E-state index is 12.4. The van der Waals surface area contributed by atoms with Gasteiger partial charge in [-0.2, -0.15) is 0 Å². The van der Waals surface area contributed by atoms with Gasteiger partial charge in [0, 0.05) is 25.6 Å². The average Bonchev–Trinajstić information content (AvgIpc) is 2.56. The number of hydrogen-bond acceptors (Lipinski definition) is 7. The van der Waals surface area contributed by atoms with Gasteiger partial charge in [0.15, 0.2) is 0 Å². The molecular weight excluding hydrogens is 404 g/mol. The van der Waals surface area contributed by atoms with Gasteiger partial charge < -0.3 is 18.9 Å². The highest BCUT2D eigenvalue weighted by atomic mass is 28.3. The second-order valence-corrected chi connectivity index (χ2v) is 15.1. The molecule has 1 rings (SSSR count). The van der Waals surface area contributed by atoms with Crippen LogP contribution in [0.1, 0.15) is 49.2 Å². The fraction of sp³-hybridized carbons (Fsp3) is 0.591. The van der Waals surface area contributed by atoms with Gasteiger partial charge in [-0.1, -0.05) is 19.6 Å². The maximum Gasteiger partial charge on any atom is 0.514 e. The number of Topliss-reactive ketones (excluding diaryl/α,β-unsaturated/α-hetero) is 1. The van der Waals surface area contributed by atoms with E-state index in [-0.39, 0.29) is 29.3 Å². The van der Waals surface area contributed by atoms with Crippen LogP contribution in [0.2, 0.25) is 25.7 Å². The summed E-state index contributed by atoms with van der Waals surface area (Å²) in [6.45, 7) is 15.3. The van der Waals surface area contributed by atoms with Crippen LogP contribution in [0.15, 0.2) is 6.07 Å². The number of esters is 1. The van der Waals surface area contributed by atoms with E-state index in [1.165, 1.54) is 20.1 Å². The third kappa shape index (κ3) is 8.18. The smallest absolute Gasteiger partial charge is 0.493 e. The molecule has 0 aromatic heterocycles. The molecule has 7 nitrogen and oxygen atoms in total. The molecule has 0 aliphatic heterocycles. The molecule has 0 fully saturated rings. The van der Waals surface area contributed by atoms with E-state index in [2.05, 4.69) is 19.6 Å². The van der Waals surface area contributed by atoms with Crippen LogP contribution in [-0.2, 0) is 20.7 Å². The molecule has 0 amide bonds. The summed E-state index contributed by atoms with van der Waals surface area (Å²) in [4.78, 5) is 36.5. The molecule has 0 heterocycles. The molecule has 0 unspecified atom stereocenters. The largest absolute Gasteiger partial charge is 0.514 e. The molecule has 168 valence electrons. The highest BCUT2D eigenvalue weighted by molar-refractivity contribution is 6.76. The van der Waals surface area contributed by atoms with E-state index in [1.54, 1.807) is 27.7 Å². The first kappa shape index (κ1) is 25.7. The maximum atomic E-state index is 12.4. The Bertz CT molecular complexity index is 801. The number of ketones is 1. The zero-order valence-electron chi connectivity index (χ0n) is 19.6. The van der Waals surface area contributed by atoms with E-state index in [9.17, 15) is 14.4 Å². The fourth-order valence-corrected chi connectivity index (χ4v) is 3.37. The first-order valence-corrected chi connectivity index (χ1v) is 13.6. The van der Waals surface area contributed by atoms with Crippen molar-refractivity contribution >= 4 is 26.0 Å². The number of rotatable bonds is 8. The molecule has 0 bridgehead atoms. The van der Waals surface area contributed by atoms with Crippen molar-refractivity contribution < 1.29 is 33.3 Å². The minimum Gasteiger partial charge on any atom is -0.493 e. The highest BCUT2D eigenvalue weighted by Crippen LogP contribution is 2.37. The molecule has 1 aromatic carbocycles. The molecule has 0 aliphatic carbocycles. The Morgan fingerprint density at radius 3 is 2.13 bits per heavy atom. The first-order chi connectivity index (χ1) is 13.6. The van der Waals surface area contributed by atoms with Crippen LogP contribution >= 0.6 is 0 Å². The van der Waals surface area contributed by atoms with E-state index >= 15 is 0 Å². The van der Waals surface area contributed by atoms with Crippen LogP contribution in [0.3, 0.4) is 0 Å². The van der Waals surface area contributed by atoms with Gasteiger partial charge in [-0.3, -0.25) is 4.79 Å². The van der Waals surface area contributed by atoms with Gasteiger partial charge in [-0.15, -0.1) is 0 Å². The molecule has 0 radical (unpaired) electrons. The molecule has 0 spiro atoms. The van der Waals surface area contributed by atoms with Crippen molar-refractivity contribution in [3.05, 3.63) is 22.8 Å². The third-order valence-electron chi connectivity index (χ3n) is 4.05.